The van der Waals surface area contributed by atoms with Gasteiger partial charge in [0.15, 0.2) is 0 Å². The Hall–Kier alpha value is -1.59. The van der Waals surface area contributed by atoms with Gasteiger partial charge in [0, 0.05) is 12.0 Å². The van der Waals surface area contributed by atoms with E-state index in [9.17, 15) is 9.59 Å². The van der Waals surface area contributed by atoms with E-state index in [4.69, 9.17) is 23.1 Å². The van der Waals surface area contributed by atoms with Gasteiger partial charge in [0.2, 0.25) is 11.8 Å². The van der Waals surface area contributed by atoms with Crippen molar-refractivity contribution in [3.05, 3.63) is 28.8 Å². The molecule has 21 heavy (non-hydrogen) atoms. The molecule has 2 amide bonds. The molecule has 0 aliphatic carbocycles. The highest BCUT2D eigenvalue weighted by atomic mass is 35.5. The van der Waals surface area contributed by atoms with Crippen molar-refractivity contribution < 1.29 is 9.59 Å². The van der Waals surface area contributed by atoms with Crippen LogP contribution in [-0.4, -0.2) is 18.4 Å². The van der Waals surface area contributed by atoms with Gasteiger partial charge in [0.1, 0.15) is 0 Å². The molecule has 1 rings (SSSR count). The second-order valence-corrected chi connectivity index (χ2v) is 5.95. The highest BCUT2D eigenvalue weighted by Gasteiger charge is 2.15. The standard InChI is InChI=1S/C15H22ClN3O2/c1-9(2)5-10(8-17)6-14(20)19-13-7-11(15(18)21)3-4-12(13)16/h3-4,7,9-10H,5-6,8,17H2,1-2H3,(H2,18,21)(H,19,20)/t10-/m0/s1. The Balaban J connectivity index is 2.74. The molecule has 0 heterocycles. The van der Waals surface area contributed by atoms with E-state index in [1.165, 1.54) is 18.2 Å². The van der Waals surface area contributed by atoms with Crippen molar-refractivity contribution in [2.45, 2.75) is 26.7 Å². The second-order valence-electron chi connectivity index (χ2n) is 5.54. The highest BCUT2D eigenvalue weighted by molar-refractivity contribution is 6.33. The molecule has 1 atom stereocenters. The van der Waals surface area contributed by atoms with Crippen LogP contribution in [0.3, 0.4) is 0 Å². The third-order valence-electron chi connectivity index (χ3n) is 3.14. The molecule has 1 aromatic carbocycles. The fourth-order valence-electron chi connectivity index (χ4n) is 2.17. The third-order valence-corrected chi connectivity index (χ3v) is 3.47. The van der Waals surface area contributed by atoms with E-state index in [1.54, 1.807) is 0 Å². The minimum absolute atomic E-state index is 0.128. The normalized spacial score (nSPS) is 12.2. The van der Waals surface area contributed by atoms with Gasteiger partial charge in [-0.25, -0.2) is 0 Å². The van der Waals surface area contributed by atoms with Crippen LogP contribution in [0.2, 0.25) is 5.02 Å². The lowest BCUT2D eigenvalue weighted by Gasteiger charge is -2.17. The van der Waals surface area contributed by atoms with Crippen LogP contribution in [0.5, 0.6) is 0 Å². The summed E-state index contributed by atoms with van der Waals surface area (Å²) in [6.07, 6.45) is 1.21. The zero-order chi connectivity index (χ0) is 16.0. The third kappa shape index (κ3) is 5.73. The summed E-state index contributed by atoms with van der Waals surface area (Å²) in [7, 11) is 0. The van der Waals surface area contributed by atoms with Crippen LogP contribution in [0.4, 0.5) is 5.69 Å². The highest BCUT2D eigenvalue weighted by Crippen LogP contribution is 2.24. The minimum atomic E-state index is -0.568. The monoisotopic (exact) mass is 311 g/mol. The minimum Gasteiger partial charge on any atom is -0.366 e. The molecule has 0 aliphatic heterocycles. The van der Waals surface area contributed by atoms with Crippen molar-refractivity contribution in [2.75, 3.05) is 11.9 Å². The van der Waals surface area contributed by atoms with Crippen LogP contribution in [0.1, 0.15) is 37.0 Å². The van der Waals surface area contributed by atoms with Crippen LogP contribution < -0.4 is 16.8 Å². The van der Waals surface area contributed by atoms with E-state index in [0.29, 0.717) is 35.2 Å². The van der Waals surface area contributed by atoms with Gasteiger partial charge in [-0.15, -0.1) is 0 Å². The number of hydrogen-bond donors (Lipinski definition) is 3. The Labute approximate surface area is 130 Å². The number of anilines is 1. The Morgan fingerprint density at radius 1 is 1.33 bits per heavy atom. The largest absolute Gasteiger partial charge is 0.366 e. The van der Waals surface area contributed by atoms with Gasteiger partial charge in [-0.2, -0.15) is 0 Å². The molecule has 0 saturated carbocycles. The zero-order valence-electron chi connectivity index (χ0n) is 12.4. The first-order valence-electron chi connectivity index (χ1n) is 6.92. The number of nitrogens with one attached hydrogen (secondary N) is 1. The number of nitrogens with two attached hydrogens (primary N) is 2. The molecule has 1 aromatic rings. The maximum absolute atomic E-state index is 12.1. The first-order valence-corrected chi connectivity index (χ1v) is 7.30. The zero-order valence-corrected chi connectivity index (χ0v) is 13.1. The molecule has 5 nitrogen and oxygen atoms in total. The molecule has 116 valence electrons. The number of carbonyl (C=O) groups excluding carboxylic acids is 2. The summed E-state index contributed by atoms with van der Waals surface area (Å²) in [5.74, 6) is -0.132. The summed E-state index contributed by atoms with van der Waals surface area (Å²) in [4.78, 5) is 23.2. The summed E-state index contributed by atoms with van der Waals surface area (Å²) in [6.45, 7) is 4.64. The van der Waals surface area contributed by atoms with Crippen LogP contribution in [-0.2, 0) is 4.79 Å². The molecule has 0 bridgehead atoms. The van der Waals surface area contributed by atoms with Crippen molar-refractivity contribution in [1.29, 1.82) is 0 Å². The average molecular weight is 312 g/mol. The van der Waals surface area contributed by atoms with Gasteiger partial charge < -0.3 is 16.8 Å². The predicted molar refractivity (Wildman–Crippen MR) is 85.2 cm³/mol. The van der Waals surface area contributed by atoms with E-state index in [0.717, 1.165) is 6.42 Å². The number of benzene rings is 1. The van der Waals surface area contributed by atoms with Gasteiger partial charge in [-0.05, 0) is 43.0 Å². The average Bonchev–Trinajstić information content (AvgIpc) is 2.39. The van der Waals surface area contributed by atoms with Crippen molar-refractivity contribution in [1.82, 2.24) is 0 Å². The second kappa shape index (κ2) is 8.00. The molecule has 0 spiro atoms. The number of hydrogen-bond acceptors (Lipinski definition) is 3. The fraction of sp³-hybridized carbons (Fsp3) is 0.467. The lowest BCUT2D eigenvalue weighted by Crippen LogP contribution is -2.23. The molecule has 0 saturated heterocycles. The summed E-state index contributed by atoms with van der Waals surface area (Å²) in [6, 6.07) is 4.52. The topological polar surface area (TPSA) is 98.2 Å². The molecule has 0 fully saturated rings. The van der Waals surface area contributed by atoms with Crippen LogP contribution >= 0.6 is 11.6 Å². The van der Waals surface area contributed by atoms with Crippen LogP contribution in [0.25, 0.3) is 0 Å². The SMILES string of the molecule is CC(C)C[C@H](CN)CC(=O)Nc1cc(C(N)=O)ccc1Cl. The Kier molecular flexibility index (Phi) is 6.65. The molecule has 0 radical (unpaired) electrons. The first kappa shape index (κ1) is 17.5. The lowest BCUT2D eigenvalue weighted by atomic mass is 9.94. The van der Waals surface area contributed by atoms with Gasteiger partial charge in [-0.1, -0.05) is 25.4 Å². The molecule has 0 aliphatic rings. The van der Waals surface area contributed by atoms with Crippen LogP contribution in [0.15, 0.2) is 18.2 Å². The van der Waals surface area contributed by atoms with Gasteiger partial charge in [-0.3, -0.25) is 9.59 Å². The van der Waals surface area contributed by atoms with E-state index >= 15 is 0 Å². The van der Waals surface area contributed by atoms with Crippen LogP contribution in [0, 0.1) is 11.8 Å². The summed E-state index contributed by atoms with van der Waals surface area (Å²) < 4.78 is 0. The number of amides is 2. The predicted octanol–water partition coefficient (Wildman–Crippen LogP) is 2.39. The Bertz CT molecular complexity index is 518. The van der Waals surface area contributed by atoms with E-state index in [2.05, 4.69) is 19.2 Å². The number of primary amides is 1. The molecule has 6 heteroatoms. The van der Waals surface area contributed by atoms with Gasteiger partial charge in [0.05, 0.1) is 10.7 Å². The van der Waals surface area contributed by atoms with Crippen molar-refractivity contribution >= 4 is 29.1 Å². The van der Waals surface area contributed by atoms with Crippen molar-refractivity contribution in [3.63, 3.8) is 0 Å². The quantitative estimate of drug-likeness (QED) is 0.721. The van der Waals surface area contributed by atoms with E-state index in [-0.39, 0.29) is 11.8 Å². The maximum Gasteiger partial charge on any atom is 0.248 e. The van der Waals surface area contributed by atoms with E-state index < -0.39 is 5.91 Å². The molecule has 5 N–H and O–H groups in total. The smallest absolute Gasteiger partial charge is 0.248 e. The lowest BCUT2D eigenvalue weighted by molar-refractivity contribution is -0.117. The number of halogens is 1. The Morgan fingerprint density at radius 2 is 2.00 bits per heavy atom. The van der Waals surface area contributed by atoms with Crippen molar-refractivity contribution in [2.24, 2.45) is 23.3 Å². The summed E-state index contributed by atoms with van der Waals surface area (Å²) >= 11 is 6.01. The molecular formula is C15H22ClN3O2. The fourth-order valence-corrected chi connectivity index (χ4v) is 2.33. The molecule has 0 unspecified atom stereocenters. The number of carbonyl (C=O) groups is 2. The number of rotatable bonds is 7. The van der Waals surface area contributed by atoms with E-state index in [1.807, 2.05) is 0 Å². The molecule has 0 aromatic heterocycles. The molecular weight excluding hydrogens is 290 g/mol. The summed E-state index contributed by atoms with van der Waals surface area (Å²) in [5, 5.41) is 3.07. The van der Waals surface area contributed by atoms with Gasteiger partial charge in [0.25, 0.3) is 0 Å². The van der Waals surface area contributed by atoms with Crippen molar-refractivity contribution in [3.8, 4) is 0 Å². The first-order chi connectivity index (χ1) is 9.83. The Morgan fingerprint density at radius 3 is 2.52 bits per heavy atom. The van der Waals surface area contributed by atoms with Gasteiger partial charge >= 0.3 is 0 Å². The summed E-state index contributed by atoms with van der Waals surface area (Å²) in [5.41, 5.74) is 11.6. The maximum atomic E-state index is 12.1.